The molecular formula is C10H8N6. The van der Waals surface area contributed by atoms with E-state index in [1.807, 2.05) is 10.5 Å². The van der Waals surface area contributed by atoms with Crippen LogP contribution in [-0.4, -0.2) is 24.6 Å². The average molecular weight is 212 g/mol. The SMILES string of the molecule is Nc1cnccc1-c1nnc2cnccn12. The molecule has 3 heterocycles. The van der Waals surface area contributed by atoms with Gasteiger partial charge < -0.3 is 5.73 Å². The third kappa shape index (κ3) is 1.20. The third-order valence-corrected chi connectivity index (χ3v) is 2.31. The van der Waals surface area contributed by atoms with Crippen LogP contribution in [0.1, 0.15) is 0 Å². The first kappa shape index (κ1) is 8.78. The van der Waals surface area contributed by atoms with E-state index in [1.165, 1.54) is 0 Å². The zero-order chi connectivity index (χ0) is 11.0. The predicted molar refractivity (Wildman–Crippen MR) is 58.4 cm³/mol. The lowest BCUT2D eigenvalue weighted by molar-refractivity contribution is 1.11. The molecule has 0 unspecified atom stereocenters. The van der Waals surface area contributed by atoms with Gasteiger partial charge >= 0.3 is 0 Å². The Morgan fingerprint density at radius 2 is 1.94 bits per heavy atom. The molecule has 0 saturated carbocycles. The molecule has 3 aromatic heterocycles. The number of nitrogens with zero attached hydrogens (tertiary/aromatic N) is 5. The second kappa shape index (κ2) is 3.27. The Hall–Kier alpha value is -2.50. The average Bonchev–Trinajstić information content (AvgIpc) is 2.74. The maximum atomic E-state index is 5.84. The van der Waals surface area contributed by atoms with Crippen molar-refractivity contribution in [2.45, 2.75) is 0 Å². The summed E-state index contributed by atoms with van der Waals surface area (Å²) in [6, 6.07) is 1.81. The maximum absolute atomic E-state index is 5.84. The van der Waals surface area contributed by atoms with E-state index in [4.69, 9.17) is 5.73 Å². The Bertz CT molecular complexity index is 644. The fourth-order valence-corrected chi connectivity index (χ4v) is 1.55. The molecule has 0 amide bonds. The van der Waals surface area contributed by atoms with Crippen LogP contribution in [0, 0.1) is 0 Å². The molecule has 0 radical (unpaired) electrons. The molecule has 0 aliphatic carbocycles. The molecule has 2 N–H and O–H groups in total. The number of pyridine rings is 1. The highest BCUT2D eigenvalue weighted by Crippen LogP contribution is 2.22. The van der Waals surface area contributed by atoms with Crippen LogP contribution in [0.3, 0.4) is 0 Å². The van der Waals surface area contributed by atoms with Crippen molar-refractivity contribution in [1.82, 2.24) is 24.6 Å². The van der Waals surface area contributed by atoms with Gasteiger partial charge in [-0.2, -0.15) is 0 Å². The number of hydrogen-bond donors (Lipinski definition) is 1. The summed E-state index contributed by atoms with van der Waals surface area (Å²) in [6.07, 6.45) is 8.39. The van der Waals surface area contributed by atoms with Crippen molar-refractivity contribution in [3.05, 3.63) is 37.1 Å². The van der Waals surface area contributed by atoms with Gasteiger partial charge in [-0.3, -0.25) is 14.4 Å². The minimum absolute atomic E-state index is 0.577. The highest BCUT2D eigenvalue weighted by atomic mass is 15.2. The van der Waals surface area contributed by atoms with Gasteiger partial charge in [0.2, 0.25) is 0 Å². The minimum atomic E-state index is 0.577. The molecular weight excluding hydrogens is 204 g/mol. The lowest BCUT2D eigenvalue weighted by atomic mass is 10.2. The van der Waals surface area contributed by atoms with Crippen molar-refractivity contribution in [1.29, 1.82) is 0 Å². The van der Waals surface area contributed by atoms with Crippen LogP contribution in [0.25, 0.3) is 17.0 Å². The van der Waals surface area contributed by atoms with Crippen molar-refractivity contribution in [2.75, 3.05) is 5.73 Å². The van der Waals surface area contributed by atoms with Gasteiger partial charge in [-0.15, -0.1) is 10.2 Å². The first-order valence-corrected chi connectivity index (χ1v) is 4.71. The quantitative estimate of drug-likeness (QED) is 0.644. The molecule has 0 bridgehead atoms. The largest absolute Gasteiger partial charge is 0.397 e. The van der Waals surface area contributed by atoms with E-state index in [9.17, 15) is 0 Å². The van der Waals surface area contributed by atoms with Crippen molar-refractivity contribution < 1.29 is 0 Å². The van der Waals surface area contributed by atoms with Gasteiger partial charge in [0.25, 0.3) is 0 Å². The van der Waals surface area contributed by atoms with E-state index in [2.05, 4.69) is 20.2 Å². The monoisotopic (exact) mass is 212 g/mol. The van der Waals surface area contributed by atoms with Crippen molar-refractivity contribution in [3.8, 4) is 11.4 Å². The van der Waals surface area contributed by atoms with E-state index >= 15 is 0 Å². The molecule has 0 atom stereocenters. The van der Waals surface area contributed by atoms with Crippen LogP contribution in [0.15, 0.2) is 37.1 Å². The van der Waals surface area contributed by atoms with Gasteiger partial charge in [0.15, 0.2) is 11.5 Å². The van der Waals surface area contributed by atoms with Crippen LogP contribution >= 0.6 is 0 Å². The van der Waals surface area contributed by atoms with Crippen LogP contribution in [-0.2, 0) is 0 Å². The van der Waals surface area contributed by atoms with Gasteiger partial charge in [0, 0.05) is 24.2 Å². The standard InChI is InChI=1S/C10H8N6/c11-8-5-12-2-1-7(8)10-15-14-9-6-13-3-4-16(9)10/h1-6H,11H2. The lowest BCUT2D eigenvalue weighted by Gasteiger charge is -2.01. The molecule has 0 spiro atoms. The molecule has 16 heavy (non-hydrogen) atoms. The maximum Gasteiger partial charge on any atom is 0.179 e. The van der Waals surface area contributed by atoms with Gasteiger partial charge in [0.1, 0.15) is 0 Å². The number of nitrogens with two attached hydrogens (primary N) is 1. The topological polar surface area (TPSA) is 82.0 Å². The Morgan fingerprint density at radius 3 is 2.81 bits per heavy atom. The second-order valence-corrected chi connectivity index (χ2v) is 3.29. The van der Waals surface area contributed by atoms with E-state index in [-0.39, 0.29) is 0 Å². The molecule has 0 saturated heterocycles. The number of fused-ring (bicyclic) bond motifs is 1. The van der Waals surface area contributed by atoms with Gasteiger partial charge in [-0.05, 0) is 6.07 Å². The molecule has 3 aromatic rings. The summed E-state index contributed by atoms with van der Waals surface area (Å²) in [5.41, 5.74) is 7.92. The molecule has 0 aliphatic rings. The summed E-state index contributed by atoms with van der Waals surface area (Å²) in [4.78, 5) is 7.92. The third-order valence-electron chi connectivity index (χ3n) is 2.31. The lowest BCUT2D eigenvalue weighted by Crippen LogP contribution is -1.95. The fraction of sp³-hybridized carbons (Fsp3) is 0. The summed E-state index contributed by atoms with van der Waals surface area (Å²) in [5.74, 6) is 0.692. The smallest absolute Gasteiger partial charge is 0.179 e. The van der Waals surface area contributed by atoms with Crippen molar-refractivity contribution in [2.24, 2.45) is 0 Å². The van der Waals surface area contributed by atoms with E-state index < -0.39 is 0 Å². The Morgan fingerprint density at radius 1 is 1.06 bits per heavy atom. The van der Waals surface area contributed by atoms with Crippen LogP contribution in [0.5, 0.6) is 0 Å². The number of hydrogen-bond acceptors (Lipinski definition) is 5. The number of nitrogen functional groups attached to an aromatic ring is 1. The Kier molecular flexibility index (Phi) is 1.79. The summed E-state index contributed by atoms with van der Waals surface area (Å²) in [6.45, 7) is 0. The van der Waals surface area contributed by atoms with Crippen LogP contribution in [0.4, 0.5) is 5.69 Å². The summed E-state index contributed by atoms with van der Waals surface area (Å²) < 4.78 is 1.83. The zero-order valence-electron chi connectivity index (χ0n) is 8.28. The van der Waals surface area contributed by atoms with E-state index in [0.717, 1.165) is 5.56 Å². The molecule has 0 aliphatic heterocycles. The minimum Gasteiger partial charge on any atom is -0.397 e. The predicted octanol–water partition coefficient (Wildman–Crippen LogP) is 0.768. The first-order chi connectivity index (χ1) is 7.86. The molecule has 0 fully saturated rings. The Labute approximate surface area is 90.8 Å². The normalized spacial score (nSPS) is 10.8. The number of anilines is 1. The van der Waals surface area contributed by atoms with E-state index in [1.54, 1.807) is 31.0 Å². The molecule has 6 heteroatoms. The van der Waals surface area contributed by atoms with Crippen molar-refractivity contribution in [3.63, 3.8) is 0 Å². The summed E-state index contributed by atoms with van der Waals surface area (Å²) in [5, 5.41) is 8.10. The van der Waals surface area contributed by atoms with Gasteiger partial charge in [-0.25, -0.2) is 0 Å². The Balaban J connectivity index is 2.31. The second-order valence-electron chi connectivity index (χ2n) is 3.29. The van der Waals surface area contributed by atoms with Gasteiger partial charge in [0.05, 0.1) is 18.1 Å². The molecule has 3 rings (SSSR count). The summed E-state index contributed by atoms with van der Waals surface area (Å²) in [7, 11) is 0. The molecule has 6 nitrogen and oxygen atoms in total. The van der Waals surface area contributed by atoms with Crippen LogP contribution < -0.4 is 5.73 Å². The van der Waals surface area contributed by atoms with Crippen molar-refractivity contribution >= 4 is 11.3 Å². The zero-order valence-corrected chi connectivity index (χ0v) is 8.28. The van der Waals surface area contributed by atoms with E-state index in [0.29, 0.717) is 17.2 Å². The highest BCUT2D eigenvalue weighted by Gasteiger charge is 2.09. The molecule has 78 valence electrons. The first-order valence-electron chi connectivity index (χ1n) is 4.71. The van der Waals surface area contributed by atoms with Crippen LogP contribution in [0.2, 0.25) is 0 Å². The fourth-order valence-electron chi connectivity index (χ4n) is 1.55. The van der Waals surface area contributed by atoms with Gasteiger partial charge in [-0.1, -0.05) is 0 Å². The number of aromatic nitrogens is 5. The highest BCUT2D eigenvalue weighted by molar-refractivity contribution is 5.71. The number of rotatable bonds is 1. The summed E-state index contributed by atoms with van der Waals surface area (Å²) >= 11 is 0. The molecule has 0 aromatic carbocycles.